The molecule has 0 aliphatic carbocycles. The van der Waals surface area contributed by atoms with E-state index in [4.69, 9.17) is 9.94 Å². The average Bonchev–Trinajstić information content (AvgIpc) is 3.05. The van der Waals surface area contributed by atoms with Crippen molar-refractivity contribution in [1.82, 2.24) is 5.48 Å². The molecule has 0 radical (unpaired) electrons. The molecule has 26 heavy (non-hydrogen) atoms. The second-order valence-corrected chi connectivity index (χ2v) is 5.75. The number of aromatic carboxylic acids is 1. The van der Waals surface area contributed by atoms with Crippen molar-refractivity contribution in [3.63, 3.8) is 0 Å². The molecular formula is C17H17F2N2O4P. The zero-order valence-corrected chi connectivity index (χ0v) is 14.9. The number of benzene rings is 1. The summed E-state index contributed by atoms with van der Waals surface area (Å²) < 4.78 is 29.9. The number of ether oxygens (including phenoxy) is 1. The molecular weight excluding hydrogens is 365 g/mol. The number of nitrogens with zero attached hydrogens (tertiary/aromatic N) is 1. The Morgan fingerprint density at radius 3 is 2.88 bits per heavy atom. The van der Waals surface area contributed by atoms with Crippen LogP contribution in [0.1, 0.15) is 22.8 Å². The zero-order chi connectivity index (χ0) is 19.2. The Morgan fingerprint density at radius 1 is 1.46 bits per heavy atom. The highest BCUT2D eigenvalue weighted by Crippen LogP contribution is 2.26. The van der Waals surface area contributed by atoms with Crippen LogP contribution in [0.5, 0.6) is 0 Å². The van der Waals surface area contributed by atoms with Gasteiger partial charge in [-0.05, 0) is 46.5 Å². The number of hydrogen-bond donors (Lipinski definition) is 2. The Hall–Kier alpha value is -2.57. The smallest absolute Gasteiger partial charge is 0.408 e. The fourth-order valence-electron chi connectivity index (χ4n) is 1.97. The monoisotopic (exact) mass is 382 g/mol. The molecule has 0 amide bonds. The lowest BCUT2D eigenvalue weighted by atomic mass is 10.1. The quantitative estimate of drug-likeness (QED) is 0.429. The average molecular weight is 382 g/mol. The lowest BCUT2D eigenvalue weighted by Gasteiger charge is -2.12. The van der Waals surface area contributed by atoms with Gasteiger partial charge < -0.3 is 9.84 Å². The van der Waals surface area contributed by atoms with Crippen LogP contribution in [-0.2, 0) is 9.57 Å². The number of halogens is 2. The van der Waals surface area contributed by atoms with Crippen LogP contribution < -0.4 is 5.48 Å². The first-order valence-electron chi connectivity index (χ1n) is 7.48. The highest BCUT2D eigenvalue weighted by molar-refractivity contribution is 7.17. The van der Waals surface area contributed by atoms with E-state index in [9.17, 15) is 13.6 Å². The maximum Gasteiger partial charge on any atom is 0.408 e. The van der Waals surface area contributed by atoms with Gasteiger partial charge in [-0.3, -0.25) is 0 Å². The minimum Gasteiger partial charge on any atom is -0.478 e. The molecule has 1 aromatic rings. The first-order valence-corrected chi connectivity index (χ1v) is 8.06. The number of nitrogens with one attached hydrogen (secondary N) is 1. The molecule has 1 aliphatic heterocycles. The third-order valence-corrected chi connectivity index (χ3v) is 3.22. The number of allylic oxidation sites excluding steroid dienone is 4. The van der Waals surface area contributed by atoms with Gasteiger partial charge in [0.15, 0.2) is 12.1 Å². The van der Waals surface area contributed by atoms with E-state index in [1.54, 1.807) is 31.2 Å². The van der Waals surface area contributed by atoms with E-state index < -0.39 is 18.0 Å². The van der Waals surface area contributed by atoms with Crippen LogP contribution in [0, 0.1) is 0 Å². The molecule has 1 aliphatic rings. The molecule has 2 atom stereocenters. The van der Waals surface area contributed by atoms with E-state index in [2.05, 4.69) is 15.2 Å². The van der Waals surface area contributed by atoms with Crippen molar-refractivity contribution >= 4 is 21.0 Å². The largest absolute Gasteiger partial charge is 0.478 e. The van der Waals surface area contributed by atoms with Crippen LogP contribution in [0.15, 0.2) is 65.4 Å². The lowest BCUT2D eigenvalue weighted by Crippen LogP contribution is -2.19. The van der Waals surface area contributed by atoms with E-state index in [1.807, 2.05) is 0 Å². The highest BCUT2D eigenvalue weighted by Gasteiger charge is 2.23. The van der Waals surface area contributed by atoms with E-state index in [0.29, 0.717) is 11.4 Å². The van der Waals surface area contributed by atoms with Crippen LogP contribution in [0.4, 0.5) is 8.78 Å². The van der Waals surface area contributed by atoms with Crippen LogP contribution in [0.25, 0.3) is 0 Å². The number of amidine groups is 1. The Balaban J connectivity index is 1.99. The summed E-state index contributed by atoms with van der Waals surface area (Å²) in [5, 5.41) is 9.01. The van der Waals surface area contributed by atoms with E-state index in [0.717, 1.165) is 0 Å². The number of carbonyl (C=O) groups is 1. The van der Waals surface area contributed by atoms with Crippen molar-refractivity contribution in [3.8, 4) is 0 Å². The standard InChI is InChI=1S/C17H17F2N2O4P/c1-2-13(24-17(18,19)26)8-3-4-9-14-20-15(21-25-14)11-6-5-7-12(10-11)16(22)23/h2-10,14H,26H2,1H3,(H,20,21)(H,22,23)/b8-3-,9-4+,13-2+. The Labute approximate surface area is 151 Å². The first-order chi connectivity index (χ1) is 12.3. The SMILES string of the molecule is C\C=C(/C=C\C=C\C1N=C(c2cccc(C(=O)O)c2)NO1)OC(F)(F)P. The summed E-state index contributed by atoms with van der Waals surface area (Å²) in [6, 6.07) is 6.26. The summed E-state index contributed by atoms with van der Waals surface area (Å²) in [5.41, 5.74) is 3.34. The van der Waals surface area contributed by atoms with Crippen molar-refractivity contribution in [2.45, 2.75) is 19.0 Å². The topological polar surface area (TPSA) is 80.2 Å². The summed E-state index contributed by atoms with van der Waals surface area (Å²) in [6.07, 6.45) is 6.80. The van der Waals surface area contributed by atoms with Crippen LogP contribution >= 0.6 is 9.24 Å². The molecule has 0 aromatic heterocycles. The molecule has 0 bridgehead atoms. The molecule has 9 heteroatoms. The normalized spacial score (nSPS) is 18.2. The van der Waals surface area contributed by atoms with Gasteiger partial charge in [0.2, 0.25) is 0 Å². The Kier molecular flexibility index (Phi) is 6.60. The number of rotatable bonds is 7. The lowest BCUT2D eigenvalue weighted by molar-refractivity contribution is -0.130. The fourth-order valence-corrected chi connectivity index (χ4v) is 2.10. The Morgan fingerprint density at radius 2 is 2.23 bits per heavy atom. The second kappa shape index (κ2) is 8.69. The van der Waals surface area contributed by atoms with Crippen LogP contribution in [0.3, 0.4) is 0 Å². The maximum absolute atomic E-state index is 12.8. The van der Waals surface area contributed by atoms with Crippen molar-refractivity contribution in [1.29, 1.82) is 0 Å². The van der Waals surface area contributed by atoms with Crippen molar-refractivity contribution in [2.24, 2.45) is 4.99 Å². The number of aliphatic imine (C=N–C) groups is 1. The fraction of sp³-hybridized carbons (Fsp3) is 0.176. The molecule has 0 saturated carbocycles. The van der Waals surface area contributed by atoms with Gasteiger partial charge in [-0.2, -0.15) is 8.78 Å². The van der Waals surface area contributed by atoms with Gasteiger partial charge in [0.05, 0.1) is 5.56 Å². The summed E-state index contributed by atoms with van der Waals surface area (Å²) in [6.45, 7) is 1.58. The first kappa shape index (κ1) is 19.8. The number of carboxylic acid groups (broad SMARTS) is 1. The number of hydroxylamine groups is 1. The summed E-state index contributed by atoms with van der Waals surface area (Å²) in [7, 11) is 1.30. The van der Waals surface area contributed by atoms with Crippen molar-refractivity contribution in [3.05, 3.63) is 71.5 Å². The van der Waals surface area contributed by atoms with Gasteiger partial charge in [0, 0.05) is 5.56 Å². The summed E-state index contributed by atoms with van der Waals surface area (Å²) >= 11 is 0. The molecule has 1 aromatic carbocycles. The van der Waals surface area contributed by atoms with Gasteiger partial charge in [0.1, 0.15) is 5.76 Å². The van der Waals surface area contributed by atoms with Gasteiger partial charge >= 0.3 is 11.8 Å². The van der Waals surface area contributed by atoms with Gasteiger partial charge in [-0.15, -0.1) is 0 Å². The molecule has 2 rings (SSSR count). The van der Waals surface area contributed by atoms with Gasteiger partial charge in [-0.1, -0.05) is 24.3 Å². The predicted molar refractivity (Wildman–Crippen MR) is 95.7 cm³/mol. The molecule has 0 saturated heterocycles. The van der Waals surface area contributed by atoms with Crippen molar-refractivity contribution in [2.75, 3.05) is 0 Å². The number of hydrogen-bond acceptors (Lipinski definition) is 5. The molecule has 2 unspecified atom stereocenters. The third kappa shape index (κ3) is 6.06. The molecule has 1 heterocycles. The summed E-state index contributed by atoms with van der Waals surface area (Å²) in [4.78, 5) is 20.5. The van der Waals surface area contributed by atoms with Crippen LogP contribution in [-0.4, -0.2) is 29.0 Å². The molecule has 138 valence electrons. The number of carboxylic acids is 1. The van der Waals surface area contributed by atoms with E-state index >= 15 is 0 Å². The van der Waals surface area contributed by atoms with Gasteiger partial charge in [-0.25, -0.2) is 20.1 Å². The maximum atomic E-state index is 12.8. The predicted octanol–water partition coefficient (Wildman–Crippen LogP) is 3.45. The number of alkyl halides is 2. The van der Waals surface area contributed by atoms with Crippen LogP contribution in [0.2, 0.25) is 0 Å². The summed E-state index contributed by atoms with van der Waals surface area (Å²) in [5.74, 6) is -3.97. The molecule has 0 fully saturated rings. The molecule has 6 nitrogen and oxygen atoms in total. The molecule has 0 spiro atoms. The third-order valence-electron chi connectivity index (χ3n) is 3.10. The zero-order valence-electron chi connectivity index (χ0n) is 13.7. The van der Waals surface area contributed by atoms with Crippen molar-refractivity contribution < 1.29 is 28.3 Å². The minimum absolute atomic E-state index is 0.00907. The van der Waals surface area contributed by atoms with E-state index in [-0.39, 0.29) is 11.3 Å². The van der Waals surface area contributed by atoms with E-state index in [1.165, 1.54) is 39.6 Å². The second-order valence-electron chi connectivity index (χ2n) is 5.07. The highest BCUT2D eigenvalue weighted by atomic mass is 31.0. The van der Waals surface area contributed by atoms with Gasteiger partial charge in [0.25, 0.3) is 0 Å². The molecule has 2 N–H and O–H groups in total. The minimum atomic E-state index is -3.34. The Bertz CT molecular complexity index is 785.